The summed E-state index contributed by atoms with van der Waals surface area (Å²) in [5, 5.41) is 11.7. The SMILES string of the molecule is CNCCNCC(=O)NCCNC. The van der Waals surface area contributed by atoms with Gasteiger partial charge >= 0.3 is 0 Å². The lowest BCUT2D eigenvalue weighted by molar-refractivity contribution is -0.120. The molecule has 0 saturated heterocycles. The van der Waals surface area contributed by atoms with Crippen LogP contribution in [0.2, 0.25) is 0 Å². The number of hydrogen-bond donors (Lipinski definition) is 4. The highest BCUT2D eigenvalue weighted by molar-refractivity contribution is 5.77. The van der Waals surface area contributed by atoms with Crippen LogP contribution in [0.25, 0.3) is 0 Å². The van der Waals surface area contributed by atoms with Gasteiger partial charge in [-0.25, -0.2) is 0 Å². The van der Waals surface area contributed by atoms with Crippen LogP contribution in [0.5, 0.6) is 0 Å². The zero-order valence-corrected chi connectivity index (χ0v) is 8.44. The summed E-state index contributed by atoms with van der Waals surface area (Å²) < 4.78 is 0. The van der Waals surface area contributed by atoms with Crippen LogP contribution in [0.15, 0.2) is 0 Å². The van der Waals surface area contributed by atoms with E-state index in [2.05, 4.69) is 21.3 Å². The molecule has 5 nitrogen and oxygen atoms in total. The first-order valence-corrected chi connectivity index (χ1v) is 4.58. The normalized spacial score (nSPS) is 10.0. The molecule has 0 aromatic heterocycles. The largest absolute Gasteiger partial charge is 0.354 e. The Hall–Kier alpha value is -0.650. The number of rotatable bonds is 8. The van der Waals surface area contributed by atoms with Crippen LogP contribution in [-0.2, 0) is 4.79 Å². The third-order valence-electron chi connectivity index (χ3n) is 1.53. The number of carbonyl (C=O) groups excluding carboxylic acids is 1. The molecule has 0 atom stereocenters. The third-order valence-corrected chi connectivity index (χ3v) is 1.53. The fraction of sp³-hybridized carbons (Fsp3) is 0.875. The van der Waals surface area contributed by atoms with Gasteiger partial charge in [0.15, 0.2) is 0 Å². The minimum absolute atomic E-state index is 0.0475. The van der Waals surface area contributed by atoms with E-state index in [0.29, 0.717) is 13.1 Å². The van der Waals surface area contributed by atoms with Crippen LogP contribution in [0.4, 0.5) is 0 Å². The highest BCUT2D eigenvalue weighted by atomic mass is 16.1. The van der Waals surface area contributed by atoms with E-state index in [1.807, 2.05) is 14.1 Å². The highest BCUT2D eigenvalue weighted by Gasteiger charge is 1.97. The second kappa shape index (κ2) is 9.44. The molecule has 0 aromatic carbocycles. The fourth-order valence-corrected chi connectivity index (χ4v) is 0.805. The summed E-state index contributed by atoms with van der Waals surface area (Å²) in [4.78, 5) is 11.1. The lowest BCUT2D eigenvalue weighted by Gasteiger charge is -2.05. The minimum atomic E-state index is 0.0475. The molecule has 0 saturated carbocycles. The zero-order valence-electron chi connectivity index (χ0n) is 8.44. The Morgan fingerprint density at radius 3 is 2.23 bits per heavy atom. The number of nitrogens with one attached hydrogen (secondary N) is 4. The summed E-state index contributed by atoms with van der Waals surface area (Å²) in [6.45, 7) is 3.58. The molecule has 78 valence electrons. The molecule has 0 rings (SSSR count). The van der Waals surface area contributed by atoms with Gasteiger partial charge in [0.05, 0.1) is 6.54 Å². The molecule has 0 unspecified atom stereocenters. The maximum absolute atomic E-state index is 11.1. The van der Waals surface area contributed by atoms with Crippen molar-refractivity contribution >= 4 is 5.91 Å². The second-order valence-electron chi connectivity index (χ2n) is 2.73. The number of carbonyl (C=O) groups is 1. The fourth-order valence-electron chi connectivity index (χ4n) is 0.805. The first kappa shape index (κ1) is 12.3. The van der Waals surface area contributed by atoms with Crippen molar-refractivity contribution in [3.05, 3.63) is 0 Å². The molecule has 4 N–H and O–H groups in total. The van der Waals surface area contributed by atoms with Crippen LogP contribution in [0.3, 0.4) is 0 Å². The van der Waals surface area contributed by atoms with Crippen LogP contribution < -0.4 is 21.3 Å². The monoisotopic (exact) mass is 188 g/mol. The second-order valence-corrected chi connectivity index (χ2v) is 2.73. The van der Waals surface area contributed by atoms with Crippen molar-refractivity contribution in [1.29, 1.82) is 0 Å². The quantitative estimate of drug-likeness (QED) is 0.337. The van der Waals surface area contributed by atoms with Gasteiger partial charge in [-0.15, -0.1) is 0 Å². The Labute approximate surface area is 79.7 Å². The molecule has 0 heterocycles. The smallest absolute Gasteiger partial charge is 0.234 e. The Morgan fingerprint density at radius 1 is 1.00 bits per heavy atom. The summed E-state index contributed by atoms with van der Waals surface area (Å²) >= 11 is 0. The predicted octanol–water partition coefficient (Wildman–Crippen LogP) is -1.87. The summed E-state index contributed by atoms with van der Waals surface area (Å²) in [5.74, 6) is 0.0475. The average molecular weight is 188 g/mol. The van der Waals surface area contributed by atoms with E-state index < -0.39 is 0 Å². The van der Waals surface area contributed by atoms with E-state index in [4.69, 9.17) is 0 Å². The van der Waals surface area contributed by atoms with Crippen molar-refractivity contribution < 1.29 is 4.79 Å². The van der Waals surface area contributed by atoms with E-state index in [0.717, 1.165) is 19.6 Å². The Balaban J connectivity index is 3.11. The number of hydrogen-bond acceptors (Lipinski definition) is 4. The van der Waals surface area contributed by atoms with Crippen molar-refractivity contribution in [2.24, 2.45) is 0 Å². The highest BCUT2D eigenvalue weighted by Crippen LogP contribution is 1.64. The van der Waals surface area contributed by atoms with Crippen LogP contribution in [0, 0.1) is 0 Å². The molecule has 13 heavy (non-hydrogen) atoms. The van der Waals surface area contributed by atoms with Gasteiger partial charge in [0, 0.05) is 26.2 Å². The molecule has 1 amide bonds. The van der Waals surface area contributed by atoms with E-state index in [1.165, 1.54) is 0 Å². The zero-order chi connectivity index (χ0) is 9.94. The van der Waals surface area contributed by atoms with Gasteiger partial charge in [0.25, 0.3) is 0 Å². The lowest BCUT2D eigenvalue weighted by Crippen LogP contribution is -2.38. The summed E-state index contributed by atoms with van der Waals surface area (Å²) in [7, 11) is 3.74. The van der Waals surface area contributed by atoms with Gasteiger partial charge < -0.3 is 21.3 Å². The van der Waals surface area contributed by atoms with Gasteiger partial charge in [-0.2, -0.15) is 0 Å². The van der Waals surface area contributed by atoms with Crippen molar-refractivity contribution in [1.82, 2.24) is 21.3 Å². The molecular formula is C8H20N4O. The molecule has 0 bridgehead atoms. The topological polar surface area (TPSA) is 65.2 Å². The summed E-state index contributed by atoms with van der Waals surface area (Å²) in [5.41, 5.74) is 0. The molecule has 0 aliphatic rings. The maximum Gasteiger partial charge on any atom is 0.234 e. The van der Waals surface area contributed by atoms with Crippen LogP contribution >= 0.6 is 0 Å². The molecule has 0 aliphatic heterocycles. The third kappa shape index (κ3) is 9.26. The van der Waals surface area contributed by atoms with E-state index in [-0.39, 0.29) is 5.91 Å². The van der Waals surface area contributed by atoms with E-state index in [1.54, 1.807) is 0 Å². The standard InChI is InChI=1S/C8H20N4O/c1-9-3-5-11-7-8(13)12-6-4-10-2/h9-11H,3-7H2,1-2H3,(H,12,13). The molecular weight excluding hydrogens is 168 g/mol. The minimum Gasteiger partial charge on any atom is -0.354 e. The van der Waals surface area contributed by atoms with E-state index >= 15 is 0 Å². The maximum atomic E-state index is 11.1. The first-order chi connectivity index (χ1) is 6.31. The van der Waals surface area contributed by atoms with Gasteiger partial charge in [-0.1, -0.05) is 0 Å². The van der Waals surface area contributed by atoms with Crippen LogP contribution in [-0.4, -0.2) is 52.7 Å². The lowest BCUT2D eigenvalue weighted by atomic mass is 10.5. The van der Waals surface area contributed by atoms with Gasteiger partial charge in [0.2, 0.25) is 5.91 Å². The Kier molecular flexibility index (Phi) is 8.97. The summed E-state index contributed by atoms with van der Waals surface area (Å²) in [6.07, 6.45) is 0. The molecule has 0 spiro atoms. The molecule has 0 fully saturated rings. The molecule has 0 aliphatic carbocycles. The number of likely N-dealkylation sites (N-methyl/N-ethyl adjacent to an activating group) is 2. The summed E-state index contributed by atoms with van der Waals surface area (Å²) in [6, 6.07) is 0. The average Bonchev–Trinajstić information content (AvgIpc) is 2.13. The van der Waals surface area contributed by atoms with Crippen molar-refractivity contribution in [2.45, 2.75) is 0 Å². The van der Waals surface area contributed by atoms with Crippen molar-refractivity contribution in [3.8, 4) is 0 Å². The number of amides is 1. The van der Waals surface area contributed by atoms with Gasteiger partial charge in [-0.05, 0) is 14.1 Å². The predicted molar refractivity (Wildman–Crippen MR) is 53.7 cm³/mol. The Morgan fingerprint density at radius 2 is 1.62 bits per heavy atom. The molecule has 5 heteroatoms. The molecule has 0 radical (unpaired) electrons. The van der Waals surface area contributed by atoms with Crippen molar-refractivity contribution in [2.75, 3.05) is 46.8 Å². The van der Waals surface area contributed by atoms with Gasteiger partial charge in [-0.3, -0.25) is 4.79 Å². The Bertz CT molecular complexity index is 129. The van der Waals surface area contributed by atoms with E-state index in [9.17, 15) is 4.79 Å². The first-order valence-electron chi connectivity index (χ1n) is 4.58. The van der Waals surface area contributed by atoms with Gasteiger partial charge in [0.1, 0.15) is 0 Å². The van der Waals surface area contributed by atoms with Crippen molar-refractivity contribution in [3.63, 3.8) is 0 Å². The molecule has 0 aromatic rings. The van der Waals surface area contributed by atoms with Crippen LogP contribution in [0.1, 0.15) is 0 Å².